The first-order chi connectivity index (χ1) is 10.6. The molecule has 0 spiro atoms. The molecule has 0 atom stereocenters. The number of carboxylic acids is 1. The zero-order chi connectivity index (χ0) is 15.6. The Labute approximate surface area is 136 Å². The molecule has 6 heteroatoms. The molecule has 1 saturated carbocycles. The molecule has 1 aromatic heterocycles. The summed E-state index contributed by atoms with van der Waals surface area (Å²) in [6, 6.07) is 13.2. The first-order valence-electron chi connectivity index (χ1n) is 6.93. The van der Waals surface area contributed by atoms with Crippen LogP contribution in [0.1, 0.15) is 32.2 Å². The van der Waals surface area contributed by atoms with Gasteiger partial charge in [-0.15, -0.1) is 23.1 Å². The van der Waals surface area contributed by atoms with Crippen LogP contribution >= 0.6 is 23.1 Å². The lowest BCUT2D eigenvalue weighted by molar-refractivity contribution is 0.0702. The molecule has 1 heterocycles. The third kappa shape index (κ3) is 3.51. The Bertz CT molecular complexity index is 692. The van der Waals surface area contributed by atoms with E-state index in [1.807, 2.05) is 18.2 Å². The van der Waals surface area contributed by atoms with Crippen molar-refractivity contribution >= 4 is 35.0 Å². The quantitative estimate of drug-likeness (QED) is 0.849. The molecule has 0 saturated heterocycles. The first-order valence-corrected chi connectivity index (χ1v) is 8.57. The van der Waals surface area contributed by atoms with Gasteiger partial charge in [0.1, 0.15) is 4.88 Å². The van der Waals surface area contributed by atoms with E-state index >= 15 is 0 Å². The summed E-state index contributed by atoms with van der Waals surface area (Å²) in [4.78, 5) is 24.8. The second-order valence-electron chi connectivity index (χ2n) is 5.25. The molecule has 3 rings (SSSR count). The third-order valence-corrected chi connectivity index (χ3v) is 6.06. The summed E-state index contributed by atoms with van der Waals surface area (Å²) < 4.78 is 0.0872. The van der Waals surface area contributed by atoms with Gasteiger partial charge in [-0.1, -0.05) is 18.2 Å². The van der Waals surface area contributed by atoms with Crippen molar-refractivity contribution in [3.63, 3.8) is 0 Å². The van der Waals surface area contributed by atoms with Gasteiger partial charge in [0.05, 0.1) is 4.88 Å². The van der Waals surface area contributed by atoms with Gasteiger partial charge in [0.15, 0.2) is 0 Å². The number of carbonyl (C=O) groups excluding carboxylic acids is 1. The summed E-state index contributed by atoms with van der Waals surface area (Å²) in [5, 5.41) is 11.8. The number of amides is 1. The van der Waals surface area contributed by atoms with E-state index in [9.17, 15) is 9.59 Å². The topological polar surface area (TPSA) is 66.4 Å². The Morgan fingerprint density at radius 3 is 2.41 bits per heavy atom. The van der Waals surface area contributed by atoms with Gasteiger partial charge in [0.2, 0.25) is 0 Å². The number of benzene rings is 1. The van der Waals surface area contributed by atoms with E-state index in [0.29, 0.717) is 11.4 Å². The minimum absolute atomic E-state index is 0.0872. The molecular weight excluding hydrogens is 318 g/mol. The van der Waals surface area contributed by atoms with Crippen molar-refractivity contribution in [2.24, 2.45) is 0 Å². The molecule has 1 aliphatic carbocycles. The van der Waals surface area contributed by atoms with Crippen LogP contribution in [0.5, 0.6) is 0 Å². The fraction of sp³-hybridized carbons (Fsp3) is 0.250. The number of carbonyl (C=O) groups is 2. The fourth-order valence-corrected chi connectivity index (χ4v) is 4.10. The molecule has 2 aromatic rings. The molecule has 0 bridgehead atoms. The summed E-state index contributed by atoms with van der Waals surface area (Å²) in [6.45, 7) is 0.603. The summed E-state index contributed by atoms with van der Waals surface area (Å²) >= 11 is 2.80. The van der Waals surface area contributed by atoms with E-state index < -0.39 is 5.97 Å². The molecule has 1 aliphatic rings. The molecule has 1 aromatic carbocycles. The number of hydrogen-bond acceptors (Lipinski definition) is 4. The SMILES string of the molecule is O=C(O)c1ccc(C(=O)NCC2(Sc3ccccc3)CC2)s1. The van der Waals surface area contributed by atoms with Gasteiger partial charge < -0.3 is 10.4 Å². The van der Waals surface area contributed by atoms with Gasteiger partial charge in [-0.2, -0.15) is 0 Å². The molecule has 2 N–H and O–H groups in total. The standard InChI is InChI=1S/C16H15NO3S2/c18-14(12-6-7-13(21-12)15(19)20)17-10-16(8-9-16)22-11-4-2-1-3-5-11/h1-7H,8-10H2,(H,17,18)(H,19,20). The predicted octanol–water partition coefficient (Wildman–Crippen LogP) is 3.50. The second-order valence-corrected chi connectivity index (χ2v) is 7.88. The smallest absolute Gasteiger partial charge is 0.345 e. The molecule has 0 radical (unpaired) electrons. The fourth-order valence-electron chi connectivity index (χ4n) is 2.10. The zero-order valence-corrected chi connectivity index (χ0v) is 13.4. The van der Waals surface area contributed by atoms with Crippen molar-refractivity contribution in [2.45, 2.75) is 22.5 Å². The molecule has 1 fully saturated rings. The van der Waals surface area contributed by atoms with Crippen molar-refractivity contribution in [2.75, 3.05) is 6.54 Å². The highest BCUT2D eigenvalue weighted by atomic mass is 32.2. The minimum atomic E-state index is -0.998. The van der Waals surface area contributed by atoms with Crippen molar-refractivity contribution in [3.05, 3.63) is 52.2 Å². The van der Waals surface area contributed by atoms with Crippen molar-refractivity contribution in [3.8, 4) is 0 Å². The summed E-state index contributed by atoms with van der Waals surface area (Å²) in [7, 11) is 0. The predicted molar refractivity (Wildman–Crippen MR) is 87.9 cm³/mol. The van der Waals surface area contributed by atoms with Crippen molar-refractivity contribution in [1.29, 1.82) is 0 Å². The van der Waals surface area contributed by atoms with Crippen LogP contribution < -0.4 is 5.32 Å². The van der Waals surface area contributed by atoms with Crippen LogP contribution in [0.3, 0.4) is 0 Å². The lowest BCUT2D eigenvalue weighted by atomic mass is 10.3. The van der Waals surface area contributed by atoms with Gasteiger partial charge in [0.25, 0.3) is 5.91 Å². The second kappa shape index (κ2) is 6.14. The van der Waals surface area contributed by atoms with Crippen LogP contribution in [0.25, 0.3) is 0 Å². The van der Waals surface area contributed by atoms with Gasteiger partial charge in [-0.05, 0) is 37.1 Å². The number of thiophene rings is 1. The molecule has 1 amide bonds. The largest absolute Gasteiger partial charge is 0.477 e. The van der Waals surface area contributed by atoms with E-state index in [0.717, 1.165) is 24.2 Å². The highest BCUT2D eigenvalue weighted by Gasteiger charge is 2.43. The van der Waals surface area contributed by atoms with Crippen LogP contribution in [-0.4, -0.2) is 28.3 Å². The maximum Gasteiger partial charge on any atom is 0.345 e. The summed E-state index contributed by atoms with van der Waals surface area (Å²) in [6.07, 6.45) is 2.16. The average molecular weight is 333 g/mol. The lowest BCUT2D eigenvalue weighted by Gasteiger charge is -2.15. The van der Waals surface area contributed by atoms with Crippen LogP contribution in [-0.2, 0) is 0 Å². The van der Waals surface area contributed by atoms with Crippen molar-refractivity contribution in [1.82, 2.24) is 5.32 Å². The first kappa shape index (κ1) is 15.1. The molecule has 114 valence electrons. The van der Waals surface area contributed by atoms with Gasteiger partial charge in [-0.25, -0.2) is 4.79 Å². The lowest BCUT2D eigenvalue weighted by Crippen LogP contribution is -2.31. The van der Waals surface area contributed by atoms with Crippen LogP contribution in [0.2, 0.25) is 0 Å². The highest BCUT2D eigenvalue weighted by Crippen LogP contribution is 2.51. The number of thioether (sulfide) groups is 1. The maximum atomic E-state index is 12.1. The van der Waals surface area contributed by atoms with Crippen molar-refractivity contribution < 1.29 is 14.7 Å². The Balaban J connectivity index is 1.57. The highest BCUT2D eigenvalue weighted by molar-refractivity contribution is 8.01. The maximum absolute atomic E-state index is 12.1. The van der Waals surface area contributed by atoms with Crippen LogP contribution in [0.4, 0.5) is 0 Å². The molecule has 0 aliphatic heterocycles. The third-order valence-electron chi connectivity index (χ3n) is 3.50. The number of hydrogen-bond donors (Lipinski definition) is 2. The molecule has 22 heavy (non-hydrogen) atoms. The van der Waals surface area contributed by atoms with E-state index in [-0.39, 0.29) is 15.5 Å². The Morgan fingerprint density at radius 2 is 1.82 bits per heavy atom. The summed E-state index contributed by atoms with van der Waals surface area (Å²) in [5.41, 5.74) is 0. The Kier molecular flexibility index (Phi) is 4.22. The number of aromatic carboxylic acids is 1. The van der Waals surface area contributed by atoms with Crippen LogP contribution in [0, 0.1) is 0 Å². The van der Waals surface area contributed by atoms with Gasteiger partial charge >= 0.3 is 5.97 Å². The van der Waals surface area contributed by atoms with E-state index in [1.165, 1.54) is 11.0 Å². The van der Waals surface area contributed by atoms with Gasteiger partial charge in [-0.3, -0.25) is 4.79 Å². The zero-order valence-electron chi connectivity index (χ0n) is 11.7. The Hall–Kier alpha value is -1.79. The number of carboxylic acid groups (broad SMARTS) is 1. The average Bonchev–Trinajstić information content (AvgIpc) is 3.09. The minimum Gasteiger partial charge on any atom is -0.477 e. The van der Waals surface area contributed by atoms with E-state index in [1.54, 1.807) is 17.8 Å². The van der Waals surface area contributed by atoms with Crippen LogP contribution in [0.15, 0.2) is 47.4 Å². The monoisotopic (exact) mass is 333 g/mol. The number of rotatable bonds is 6. The molecule has 4 nitrogen and oxygen atoms in total. The van der Waals surface area contributed by atoms with E-state index in [4.69, 9.17) is 5.11 Å². The molecule has 0 unspecified atom stereocenters. The summed E-state index contributed by atoms with van der Waals surface area (Å²) in [5.74, 6) is -1.19. The normalized spacial score (nSPS) is 15.3. The van der Waals surface area contributed by atoms with Gasteiger partial charge in [0, 0.05) is 16.2 Å². The van der Waals surface area contributed by atoms with E-state index in [2.05, 4.69) is 17.4 Å². The molecular formula is C16H15NO3S2. The Morgan fingerprint density at radius 1 is 1.14 bits per heavy atom. The number of nitrogens with one attached hydrogen (secondary N) is 1.